The molecule has 0 aliphatic heterocycles. The standard InChI is InChI=1S/C17H20IN3O/c1-11(2)9-12(3)13-7-5-6-8-15(13)19-17(22)14-10-21(4)20-16(14)18/h5-11H,1-4H3,(H,19,22). The number of carbonyl (C=O) groups is 1. The fraction of sp³-hybridized carbons (Fsp3) is 0.294. The number of aromatic nitrogens is 2. The number of nitrogens with zero attached hydrogens (tertiary/aromatic N) is 2. The van der Waals surface area contributed by atoms with Crippen LogP contribution in [0.1, 0.15) is 36.7 Å². The Morgan fingerprint density at radius 2 is 2.00 bits per heavy atom. The molecular weight excluding hydrogens is 389 g/mol. The van der Waals surface area contributed by atoms with E-state index in [1.165, 1.54) is 0 Å². The third kappa shape index (κ3) is 3.97. The molecule has 0 unspecified atom stereocenters. The molecule has 1 aromatic carbocycles. The molecule has 1 N–H and O–H groups in total. The molecule has 1 amide bonds. The second-order valence-electron chi connectivity index (χ2n) is 5.60. The zero-order chi connectivity index (χ0) is 16.3. The third-order valence-electron chi connectivity index (χ3n) is 3.21. The van der Waals surface area contributed by atoms with E-state index in [1.54, 1.807) is 10.9 Å². The van der Waals surface area contributed by atoms with E-state index in [-0.39, 0.29) is 5.91 Å². The number of hydrogen-bond donors (Lipinski definition) is 1. The van der Waals surface area contributed by atoms with Crippen molar-refractivity contribution in [2.45, 2.75) is 20.8 Å². The van der Waals surface area contributed by atoms with Crippen molar-refractivity contribution in [1.82, 2.24) is 9.78 Å². The van der Waals surface area contributed by atoms with Gasteiger partial charge in [0, 0.05) is 24.5 Å². The van der Waals surface area contributed by atoms with Crippen LogP contribution in [0.2, 0.25) is 0 Å². The Balaban J connectivity index is 2.31. The summed E-state index contributed by atoms with van der Waals surface area (Å²) in [6, 6.07) is 7.86. The molecule has 0 saturated carbocycles. The Bertz CT molecular complexity index is 716. The number of aryl methyl sites for hydroxylation is 1. The van der Waals surface area contributed by atoms with Crippen molar-refractivity contribution < 1.29 is 4.79 Å². The minimum absolute atomic E-state index is 0.137. The minimum Gasteiger partial charge on any atom is -0.321 e. The highest BCUT2D eigenvalue weighted by Gasteiger charge is 2.15. The van der Waals surface area contributed by atoms with Gasteiger partial charge in [0.25, 0.3) is 5.91 Å². The van der Waals surface area contributed by atoms with Crippen LogP contribution in [0, 0.1) is 9.62 Å². The first-order valence-electron chi connectivity index (χ1n) is 7.16. The summed E-state index contributed by atoms with van der Waals surface area (Å²) in [7, 11) is 1.81. The molecule has 5 heteroatoms. The van der Waals surface area contributed by atoms with E-state index in [0.717, 1.165) is 16.8 Å². The Morgan fingerprint density at radius 1 is 1.32 bits per heavy atom. The van der Waals surface area contributed by atoms with Crippen molar-refractivity contribution in [3.63, 3.8) is 0 Å². The first-order chi connectivity index (χ1) is 10.4. The monoisotopic (exact) mass is 409 g/mol. The summed E-state index contributed by atoms with van der Waals surface area (Å²) < 4.78 is 2.34. The van der Waals surface area contributed by atoms with Crippen LogP contribution < -0.4 is 5.32 Å². The molecule has 1 aromatic heterocycles. The normalized spacial score (nSPS) is 11.8. The maximum atomic E-state index is 12.5. The number of allylic oxidation sites excluding steroid dienone is 2. The molecule has 2 rings (SSSR count). The second-order valence-corrected chi connectivity index (χ2v) is 6.62. The molecule has 1 heterocycles. The number of rotatable bonds is 4. The summed E-state index contributed by atoms with van der Waals surface area (Å²) in [6.07, 6.45) is 3.93. The van der Waals surface area contributed by atoms with Crippen molar-refractivity contribution in [2.24, 2.45) is 13.0 Å². The zero-order valence-electron chi connectivity index (χ0n) is 13.2. The molecule has 0 aliphatic rings. The second kappa shape index (κ2) is 7.09. The van der Waals surface area contributed by atoms with E-state index < -0.39 is 0 Å². The van der Waals surface area contributed by atoms with E-state index in [1.807, 2.05) is 31.3 Å². The average Bonchev–Trinajstić information content (AvgIpc) is 2.77. The molecule has 0 spiro atoms. The van der Waals surface area contributed by atoms with Crippen LogP contribution >= 0.6 is 22.6 Å². The summed E-state index contributed by atoms with van der Waals surface area (Å²) in [5.41, 5.74) is 3.61. The number of para-hydroxylation sites is 1. The van der Waals surface area contributed by atoms with Crippen LogP contribution in [0.4, 0.5) is 5.69 Å². The Morgan fingerprint density at radius 3 is 2.59 bits per heavy atom. The maximum Gasteiger partial charge on any atom is 0.259 e. The number of benzene rings is 1. The van der Waals surface area contributed by atoms with Crippen LogP contribution in [0.3, 0.4) is 0 Å². The number of anilines is 1. The SMILES string of the molecule is CC(=CC(C)C)c1ccccc1NC(=O)c1cn(C)nc1I. The topological polar surface area (TPSA) is 46.9 Å². The van der Waals surface area contributed by atoms with Crippen LogP contribution in [0.15, 0.2) is 36.5 Å². The first-order valence-corrected chi connectivity index (χ1v) is 8.24. The first kappa shape index (κ1) is 16.7. The maximum absolute atomic E-state index is 12.5. The molecule has 0 fully saturated rings. The van der Waals surface area contributed by atoms with E-state index in [9.17, 15) is 4.79 Å². The van der Waals surface area contributed by atoms with Gasteiger partial charge in [0.05, 0.1) is 5.56 Å². The zero-order valence-corrected chi connectivity index (χ0v) is 15.4. The summed E-state index contributed by atoms with van der Waals surface area (Å²) in [5.74, 6) is 0.324. The summed E-state index contributed by atoms with van der Waals surface area (Å²) in [5, 5.41) is 7.20. The lowest BCUT2D eigenvalue weighted by Crippen LogP contribution is -2.13. The molecule has 0 bridgehead atoms. The van der Waals surface area contributed by atoms with Crippen molar-refractivity contribution >= 4 is 39.8 Å². The lowest BCUT2D eigenvalue weighted by molar-refractivity contribution is 0.102. The Hall–Kier alpha value is -1.63. The quantitative estimate of drug-likeness (QED) is 0.764. The molecule has 2 aromatic rings. The van der Waals surface area contributed by atoms with E-state index >= 15 is 0 Å². The van der Waals surface area contributed by atoms with E-state index in [2.05, 4.69) is 59.9 Å². The van der Waals surface area contributed by atoms with E-state index in [4.69, 9.17) is 0 Å². The largest absolute Gasteiger partial charge is 0.321 e. The molecule has 0 radical (unpaired) electrons. The van der Waals surface area contributed by atoms with Crippen LogP contribution in [0.5, 0.6) is 0 Å². The van der Waals surface area contributed by atoms with Gasteiger partial charge in [-0.3, -0.25) is 9.48 Å². The highest BCUT2D eigenvalue weighted by molar-refractivity contribution is 14.1. The van der Waals surface area contributed by atoms with Crippen LogP contribution in [-0.2, 0) is 7.05 Å². The number of amides is 1. The predicted molar refractivity (Wildman–Crippen MR) is 98.8 cm³/mol. The highest BCUT2D eigenvalue weighted by atomic mass is 127. The molecular formula is C17H20IN3O. The van der Waals surface area contributed by atoms with Gasteiger partial charge in [-0.1, -0.05) is 38.1 Å². The van der Waals surface area contributed by atoms with Gasteiger partial charge in [0.2, 0.25) is 0 Å². The smallest absolute Gasteiger partial charge is 0.259 e. The fourth-order valence-corrected chi connectivity index (χ4v) is 3.05. The number of nitrogens with one attached hydrogen (secondary N) is 1. The molecule has 0 atom stereocenters. The fourth-order valence-electron chi connectivity index (χ4n) is 2.33. The third-order valence-corrected chi connectivity index (χ3v) is 4.01. The molecule has 22 heavy (non-hydrogen) atoms. The Labute approximate surface area is 144 Å². The van der Waals surface area contributed by atoms with Gasteiger partial charge in [-0.25, -0.2) is 0 Å². The van der Waals surface area contributed by atoms with Crippen molar-refractivity contribution in [1.29, 1.82) is 0 Å². The summed E-state index contributed by atoms with van der Waals surface area (Å²) in [6.45, 7) is 6.35. The van der Waals surface area contributed by atoms with Gasteiger partial charge in [-0.2, -0.15) is 5.10 Å². The van der Waals surface area contributed by atoms with Gasteiger partial charge in [-0.15, -0.1) is 0 Å². The average molecular weight is 409 g/mol. The summed E-state index contributed by atoms with van der Waals surface area (Å²) in [4.78, 5) is 12.5. The van der Waals surface area contributed by atoms with Crippen LogP contribution in [-0.4, -0.2) is 15.7 Å². The van der Waals surface area contributed by atoms with Crippen molar-refractivity contribution in [3.8, 4) is 0 Å². The predicted octanol–water partition coefficient (Wildman–Crippen LogP) is 4.34. The molecule has 0 saturated heterocycles. The van der Waals surface area contributed by atoms with Crippen LogP contribution in [0.25, 0.3) is 5.57 Å². The van der Waals surface area contributed by atoms with Crippen molar-refractivity contribution in [3.05, 3.63) is 51.4 Å². The number of carbonyl (C=O) groups excluding carboxylic acids is 1. The lowest BCUT2D eigenvalue weighted by atomic mass is 10.0. The summed E-state index contributed by atoms with van der Waals surface area (Å²) >= 11 is 2.07. The molecule has 4 nitrogen and oxygen atoms in total. The molecule has 116 valence electrons. The van der Waals surface area contributed by atoms with E-state index in [0.29, 0.717) is 15.2 Å². The van der Waals surface area contributed by atoms with Gasteiger partial charge < -0.3 is 5.32 Å². The number of halogens is 1. The molecule has 0 aliphatic carbocycles. The van der Waals surface area contributed by atoms with Gasteiger partial charge >= 0.3 is 0 Å². The van der Waals surface area contributed by atoms with Gasteiger partial charge in [-0.05, 0) is 47.1 Å². The Kier molecular flexibility index (Phi) is 5.39. The number of hydrogen-bond acceptors (Lipinski definition) is 2. The van der Waals surface area contributed by atoms with Gasteiger partial charge in [0.15, 0.2) is 0 Å². The van der Waals surface area contributed by atoms with Gasteiger partial charge in [0.1, 0.15) is 3.70 Å². The minimum atomic E-state index is -0.137. The van der Waals surface area contributed by atoms with Crippen molar-refractivity contribution in [2.75, 3.05) is 5.32 Å². The highest BCUT2D eigenvalue weighted by Crippen LogP contribution is 2.25. The lowest BCUT2D eigenvalue weighted by Gasteiger charge is -2.12.